The van der Waals surface area contributed by atoms with Gasteiger partial charge in [-0.25, -0.2) is 14.4 Å². The SMILES string of the molecule is CN1Cc2cc(NC=C3C(=O)OC(C)(C)OC3=O)ccc2NC1=O. The summed E-state index contributed by atoms with van der Waals surface area (Å²) in [5.41, 5.74) is 2.10. The zero-order valence-corrected chi connectivity index (χ0v) is 13.5. The topological polar surface area (TPSA) is 97.0 Å². The molecule has 0 aliphatic carbocycles. The Morgan fingerprint density at radius 1 is 1.21 bits per heavy atom. The lowest BCUT2D eigenvalue weighted by molar-refractivity contribution is -0.222. The van der Waals surface area contributed by atoms with Crippen LogP contribution >= 0.6 is 0 Å². The first-order chi connectivity index (χ1) is 11.2. The zero-order chi connectivity index (χ0) is 17.5. The van der Waals surface area contributed by atoms with Crippen LogP contribution in [0.5, 0.6) is 0 Å². The molecule has 126 valence electrons. The van der Waals surface area contributed by atoms with Gasteiger partial charge in [0, 0.05) is 45.0 Å². The molecule has 3 rings (SSSR count). The molecule has 1 saturated heterocycles. The van der Waals surface area contributed by atoms with E-state index < -0.39 is 17.7 Å². The van der Waals surface area contributed by atoms with Crippen LogP contribution in [0.3, 0.4) is 0 Å². The van der Waals surface area contributed by atoms with Crippen LogP contribution in [0.4, 0.5) is 16.2 Å². The summed E-state index contributed by atoms with van der Waals surface area (Å²) >= 11 is 0. The fraction of sp³-hybridized carbons (Fsp3) is 0.312. The molecular weight excluding hydrogens is 314 g/mol. The van der Waals surface area contributed by atoms with Gasteiger partial charge in [-0.15, -0.1) is 0 Å². The number of urea groups is 1. The first kappa shape index (κ1) is 15.9. The summed E-state index contributed by atoms with van der Waals surface area (Å²) in [4.78, 5) is 36.9. The second-order valence-corrected chi connectivity index (χ2v) is 6.04. The summed E-state index contributed by atoms with van der Waals surface area (Å²) in [5.74, 6) is -2.75. The number of hydrogen-bond donors (Lipinski definition) is 2. The third-order valence-corrected chi connectivity index (χ3v) is 3.60. The van der Waals surface area contributed by atoms with E-state index in [-0.39, 0.29) is 11.6 Å². The van der Waals surface area contributed by atoms with Crippen LogP contribution in [0.2, 0.25) is 0 Å². The molecule has 8 heteroatoms. The molecule has 0 saturated carbocycles. The first-order valence-electron chi connectivity index (χ1n) is 7.33. The van der Waals surface area contributed by atoms with Crippen molar-refractivity contribution in [3.63, 3.8) is 0 Å². The second-order valence-electron chi connectivity index (χ2n) is 6.04. The highest BCUT2D eigenvalue weighted by Crippen LogP contribution is 2.27. The van der Waals surface area contributed by atoms with E-state index in [1.54, 1.807) is 24.1 Å². The van der Waals surface area contributed by atoms with Gasteiger partial charge in [-0.3, -0.25) is 0 Å². The maximum absolute atomic E-state index is 11.9. The summed E-state index contributed by atoms with van der Waals surface area (Å²) in [6.45, 7) is 3.44. The quantitative estimate of drug-likeness (QED) is 0.487. The Bertz CT molecular complexity index is 747. The van der Waals surface area contributed by atoms with Crippen LogP contribution in [-0.2, 0) is 25.6 Å². The van der Waals surface area contributed by atoms with E-state index in [9.17, 15) is 14.4 Å². The minimum absolute atomic E-state index is 0.166. The van der Waals surface area contributed by atoms with Gasteiger partial charge in [-0.05, 0) is 23.8 Å². The molecule has 1 fully saturated rings. The van der Waals surface area contributed by atoms with Crippen LogP contribution < -0.4 is 10.6 Å². The fourth-order valence-corrected chi connectivity index (χ4v) is 2.41. The van der Waals surface area contributed by atoms with Crippen molar-refractivity contribution in [2.24, 2.45) is 0 Å². The third kappa shape index (κ3) is 3.03. The van der Waals surface area contributed by atoms with Gasteiger partial charge in [-0.1, -0.05) is 0 Å². The average molecular weight is 331 g/mol. The lowest BCUT2D eigenvalue weighted by Gasteiger charge is -2.29. The molecule has 1 aromatic rings. The van der Waals surface area contributed by atoms with E-state index in [0.717, 1.165) is 11.3 Å². The smallest absolute Gasteiger partial charge is 0.350 e. The zero-order valence-electron chi connectivity index (χ0n) is 13.5. The van der Waals surface area contributed by atoms with Gasteiger partial charge in [-0.2, -0.15) is 0 Å². The maximum atomic E-state index is 11.9. The lowest BCUT2D eigenvalue weighted by atomic mass is 10.1. The highest BCUT2D eigenvalue weighted by atomic mass is 16.7. The van der Waals surface area contributed by atoms with E-state index >= 15 is 0 Å². The molecule has 0 radical (unpaired) electrons. The number of anilines is 2. The minimum atomic E-state index is -1.26. The van der Waals surface area contributed by atoms with Crippen molar-refractivity contribution in [2.45, 2.75) is 26.2 Å². The van der Waals surface area contributed by atoms with Crippen molar-refractivity contribution >= 4 is 29.3 Å². The Morgan fingerprint density at radius 3 is 2.54 bits per heavy atom. The number of carbonyl (C=O) groups excluding carboxylic acids is 3. The molecule has 2 N–H and O–H groups in total. The number of rotatable bonds is 2. The molecule has 2 aliphatic rings. The highest BCUT2D eigenvalue weighted by Gasteiger charge is 2.38. The van der Waals surface area contributed by atoms with Gasteiger partial charge in [0.25, 0.3) is 5.79 Å². The van der Waals surface area contributed by atoms with E-state index in [4.69, 9.17) is 9.47 Å². The van der Waals surface area contributed by atoms with Crippen LogP contribution in [0.25, 0.3) is 0 Å². The highest BCUT2D eigenvalue weighted by molar-refractivity contribution is 6.15. The molecule has 2 amide bonds. The summed E-state index contributed by atoms with van der Waals surface area (Å²) < 4.78 is 10.0. The summed E-state index contributed by atoms with van der Waals surface area (Å²) in [6, 6.07) is 5.14. The number of benzene rings is 1. The van der Waals surface area contributed by atoms with Gasteiger partial charge in [0.2, 0.25) is 0 Å². The number of nitrogens with zero attached hydrogens (tertiary/aromatic N) is 1. The molecule has 2 heterocycles. The van der Waals surface area contributed by atoms with Gasteiger partial charge in [0.1, 0.15) is 0 Å². The monoisotopic (exact) mass is 331 g/mol. The molecule has 0 unspecified atom stereocenters. The number of carbonyl (C=O) groups is 3. The third-order valence-electron chi connectivity index (χ3n) is 3.60. The number of fused-ring (bicyclic) bond motifs is 1. The van der Waals surface area contributed by atoms with Crippen molar-refractivity contribution < 1.29 is 23.9 Å². The summed E-state index contributed by atoms with van der Waals surface area (Å²) in [6.07, 6.45) is 1.26. The maximum Gasteiger partial charge on any atom is 0.350 e. The predicted molar refractivity (Wildman–Crippen MR) is 84.9 cm³/mol. The number of nitrogens with one attached hydrogen (secondary N) is 2. The Morgan fingerprint density at radius 2 is 1.88 bits per heavy atom. The van der Waals surface area contributed by atoms with Crippen LogP contribution in [0.1, 0.15) is 19.4 Å². The molecule has 2 aliphatic heterocycles. The van der Waals surface area contributed by atoms with Crippen molar-refractivity contribution in [3.05, 3.63) is 35.5 Å². The number of cyclic esters (lactones) is 2. The Hall–Kier alpha value is -3.03. The van der Waals surface area contributed by atoms with E-state index in [2.05, 4.69) is 10.6 Å². The first-order valence-corrected chi connectivity index (χ1v) is 7.33. The largest absolute Gasteiger partial charge is 0.419 e. The molecular formula is C16H17N3O5. The number of esters is 2. The van der Waals surface area contributed by atoms with Crippen molar-refractivity contribution in [3.8, 4) is 0 Å². The Labute approximate surface area is 138 Å². The fourth-order valence-electron chi connectivity index (χ4n) is 2.41. The van der Waals surface area contributed by atoms with Crippen LogP contribution in [-0.4, -0.2) is 35.7 Å². The Kier molecular flexibility index (Phi) is 3.67. The van der Waals surface area contributed by atoms with Gasteiger partial charge in [0.05, 0.1) is 0 Å². The second kappa shape index (κ2) is 5.55. The molecule has 8 nitrogen and oxygen atoms in total. The normalized spacial score (nSPS) is 19.0. The molecule has 24 heavy (non-hydrogen) atoms. The molecule has 0 aromatic heterocycles. The molecule has 0 bridgehead atoms. The van der Waals surface area contributed by atoms with Crippen LogP contribution in [0.15, 0.2) is 30.0 Å². The van der Waals surface area contributed by atoms with E-state index in [1.165, 1.54) is 20.0 Å². The van der Waals surface area contributed by atoms with E-state index in [1.807, 2.05) is 6.07 Å². The summed E-state index contributed by atoms with van der Waals surface area (Å²) in [7, 11) is 1.69. The minimum Gasteiger partial charge on any atom is -0.419 e. The molecule has 0 atom stereocenters. The van der Waals surface area contributed by atoms with Crippen molar-refractivity contribution in [1.82, 2.24) is 4.90 Å². The number of hydrogen-bond acceptors (Lipinski definition) is 6. The number of ether oxygens (including phenoxy) is 2. The molecule has 0 spiro atoms. The predicted octanol–water partition coefficient (Wildman–Crippen LogP) is 1.80. The summed E-state index contributed by atoms with van der Waals surface area (Å²) in [5, 5.41) is 5.64. The average Bonchev–Trinajstić information content (AvgIpc) is 2.46. The van der Waals surface area contributed by atoms with Gasteiger partial charge < -0.3 is 25.0 Å². The van der Waals surface area contributed by atoms with Crippen LogP contribution in [0, 0.1) is 0 Å². The number of amides is 2. The van der Waals surface area contributed by atoms with Crippen molar-refractivity contribution in [2.75, 3.05) is 17.7 Å². The lowest BCUT2D eigenvalue weighted by Crippen LogP contribution is -2.42. The van der Waals surface area contributed by atoms with Crippen molar-refractivity contribution in [1.29, 1.82) is 0 Å². The molecule has 1 aromatic carbocycles. The standard InChI is InChI=1S/C16H17N3O5/c1-16(2)23-13(20)11(14(21)24-16)7-17-10-4-5-12-9(6-10)8-19(3)15(22)18-12/h4-7,17H,8H2,1-3H3,(H,18,22). The van der Waals surface area contributed by atoms with Gasteiger partial charge in [0.15, 0.2) is 5.57 Å². The Balaban J connectivity index is 1.78. The van der Waals surface area contributed by atoms with E-state index in [0.29, 0.717) is 12.2 Å². The van der Waals surface area contributed by atoms with Gasteiger partial charge >= 0.3 is 18.0 Å².